The highest BCUT2D eigenvalue weighted by molar-refractivity contribution is 6.53. The molecule has 0 heterocycles. The van der Waals surface area contributed by atoms with Gasteiger partial charge in [0.25, 0.3) is 0 Å². The summed E-state index contributed by atoms with van der Waals surface area (Å²) < 4.78 is 0. The third-order valence-corrected chi connectivity index (χ3v) is 4.95. The minimum absolute atomic E-state index is 0.186. The van der Waals surface area contributed by atoms with E-state index in [0.717, 1.165) is 0 Å². The Hall–Kier alpha value is -0.903. The molecular formula is C14H24N2Si. The minimum atomic E-state index is -0.186. The fourth-order valence-electron chi connectivity index (χ4n) is 2.09. The van der Waals surface area contributed by atoms with Gasteiger partial charge in [-0.2, -0.15) is 0 Å². The van der Waals surface area contributed by atoms with Gasteiger partial charge in [0.2, 0.25) is 0 Å². The van der Waals surface area contributed by atoms with Gasteiger partial charge in [0.1, 0.15) is 0 Å². The second-order valence-electron chi connectivity index (χ2n) is 4.89. The largest absolute Gasteiger partial charge is 0.294 e. The van der Waals surface area contributed by atoms with Crippen molar-refractivity contribution in [1.29, 1.82) is 0 Å². The second kappa shape index (κ2) is 6.74. The highest BCUT2D eigenvalue weighted by Crippen LogP contribution is 2.03. The minimum Gasteiger partial charge on any atom is -0.294 e. The van der Waals surface area contributed by atoms with Crippen LogP contribution in [0.4, 0.5) is 0 Å². The Morgan fingerprint density at radius 2 is 1.65 bits per heavy atom. The summed E-state index contributed by atoms with van der Waals surface area (Å²) in [5.41, 5.74) is 1.21. The van der Waals surface area contributed by atoms with Gasteiger partial charge in [0.15, 0.2) is 0 Å². The second-order valence-corrected chi connectivity index (χ2v) is 6.79. The van der Waals surface area contributed by atoms with Gasteiger partial charge >= 0.3 is 0 Å². The van der Waals surface area contributed by atoms with Crippen molar-refractivity contribution in [2.24, 2.45) is 0 Å². The van der Waals surface area contributed by atoms with Crippen molar-refractivity contribution in [3.8, 4) is 0 Å². The van der Waals surface area contributed by atoms with E-state index in [4.69, 9.17) is 0 Å². The van der Waals surface area contributed by atoms with Crippen molar-refractivity contribution >= 4 is 20.8 Å². The van der Waals surface area contributed by atoms with Crippen LogP contribution >= 0.6 is 0 Å². The van der Waals surface area contributed by atoms with E-state index in [9.17, 15) is 0 Å². The molecule has 0 atom stereocenters. The Balaban J connectivity index is 2.56. The number of hydrogen-bond donors (Lipinski definition) is 0. The van der Waals surface area contributed by atoms with Crippen LogP contribution < -0.4 is 5.19 Å². The van der Waals surface area contributed by atoms with Crippen molar-refractivity contribution in [2.45, 2.75) is 12.2 Å². The van der Waals surface area contributed by atoms with Crippen LogP contribution in [0.3, 0.4) is 0 Å². The fourth-order valence-corrected chi connectivity index (χ4v) is 4.29. The average molecular weight is 248 g/mol. The third-order valence-electron chi connectivity index (χ3n) is 3.10. The molecule has 0 N–H and O–H groups in total. The lowest BCUT2D eigenvalue weighted by Crippen LogP contribution is -2.42. The van der Waals surface area contributed by atoms with Gasteiger partial charge in [-0.25, -0.2) is 0 Å². The molecule has 0 aromatic heterocycles. The molecule has 0 saturated heterocycles. The van der Waals surface area contributed by atoms with Crippen molar-refractivity contribution in [3.05, 3.63) is 36.4 Å². The molecular weight excluding hydrogens is 224 g/mol. The molecule has 0 aliphatic rings. The number of rotatable bonds is 6. The van der Waals surface area contributed by atoms with Crippen LogP contribution in [0.1, 0.15) is 5.56 Å². The van der Waals surface area contributed by atoms with E-state index in [0.29, 0.717) is 6.17 Å². The quantitative estimate of drug-likeness (QED) is 0.547. The number of nitrogens with zero attached hydrogens (tertiary/aromatic N) is 2. The molecule has 2 nitrogen and oxygen atoms in total. The highest BCUT2D eigenvalue weighted by Gasteiger charge is 2.13. The first-order chi connectivity index (χ1) is 8.04. The Labute approximate surface area is 108 Å². The zero-order valence-corrected chi connectivity index (χ0v) is 12.9. The summed E-state index contributed by atoms with van der Waals surface area (Å²) in [7, 11) is 8.42. The van der Waals surface area contributed by atoms with E-state index in [-0.39, 0.29) is 9.52 Å². The molecule has 17 heavy (non-hydrogen) atoms. The molecule has 0 radical (unpaired) electrons. The first kappa shape index (κ1) is 14.2. The lowest BCUT2D eigenvalue weighted by molar-refractivity contribution is 0.147. The van der Waals surface area contributed by atoms with E-state index < -0.39 is 0 Å². The smallest absolute Gasteiger partial charge is 0.0586 e. The SMILES string of the molecule is C=Cc1ccc([SiH2]CC(N(C)C)N(C)C)cc1. The van der Waals surface area contributed by atoms with Crippen LogP contribution in [0.15, 0.2) is 30.8 Å². The first-order valence-corrected chi connectivity index (χ1v) is 7.79. The molecule has 94 valence electrons. The van der Waals surface area contributed by atoms with E-state index in [1.807, 2.05) is 6.08 Å². The molecule has 0 fully saturated rings. The number of hydrogen-bond acceptors (Lipinski definition) is 2. The van der Waals surface area contributed by atoms with Gasteiger partial charge in [0.05, 0.1) is 15.7 Å². The summed E-state index contributed by atoms with van der Waals surface area (Å²) in [5, 5.41) is 1.53. The van der Waals surface area contributed by atoms with Crippen LogP contribution in [0.5, 0.6) is 0 Å². The summed E-state index contributed by atoms with van der Waals surface area (Å²) in [6.45, 7) is 3.78. The van der Waals surface area contributed by atoms with E-state index >= 15 is 0 Å². The van der Waals surface area contributed by atoms with Crippen molar-refractivity contribution in [2.75, 3.05) is 28.2 Å². The van der Waals surface area contributed by atoms with Gasteiger partial charge in [-0.1, -0.05) is 42.1 Å². The monoisotopic (exact) mass is 248 g/mol. The Bertz CT molecular complexity index is 336. The molecule has 3 heteroatoms. The lowest BCUT2D eigenvalue weighted by atomic mass is 10.2. The molecule has 0 unspecified atom stereocenters. The first-order valence-electron chi connectivity index (χ1n) is 6.09. The number of benzene rings is 1. The Morgan fingerprint density at radius 3 is 2.06 bits per heavy atom. The van der Waals surface area contributed by atoms with Crippen molar-refractivity contribution < 1.29 is 0 Å². The van der Waals surface area contributed by atoms with Gasteiger partial charge < -0.3 is 0 Å². The summed E-state index contributed by atoms with van der Waals surface area (Å²) >= 11 is 0. The molecule has 0 spiro atoms. The zero-order valence-electron chi connectivity index (χ0n) is 11.5. The summed E-state index contributed by atoms with van der Waals surface area (Å²) in [6.07, 6.45) is 2.45. The predicted octanol–water partition coefficient (Wildman–Crippen LogP) is 0.991. The Morgan fingerprint density at radius 1 is 1.12 bits per heavy atom. The third kappa shape index (κ3) is 4.46. The topological polar surface area (TPSA) is 6.48 Å². The van der Waals surface area contributed by atoms with Crippen LogP contribution in [0.25, 0.3) is 6.08 Å². The van der Waals surface area contributed by atoms with E-state index in [1.54, 1.807) is 0 Å². The molecule has 1 aromatic rings. The molecule has 1 rings (SSSR count). The maximum absolute atomic E-state index is 3.78. The summed E-state index contributed by atoms with van der Waals surface area (Å²) in [6, 6.07) is 10.1. The normalized spacial score (nSPS) is 12.2. The Kier molecular flexibility index (Phi) is 5.61. The zero-order chi connectivity index (χ0) is 12.8. The molecule has 1 aromatic carbocycles. The van der Waals surface area contributed by atoms with Crippen molar-refractivity contribution in [1.82, 2.24) is 9.80 Å². The predicted molar refractivity (Wildman–Crippen MR) is 80.7 cm³/mol. The van der Waals surface area contributed by atoms with Gasteiger partial charge in [0, 0.05) is 0 Å². The van der Waals surface area contributed by atoms with Crippen LogP contribution in [0, 0.1) is 0 Å². The molecule has 0 amide bonds. The standard InChI is InChI=1S/C14H24N2Si/c1-6-12-7-9-13(10-8-12)17-11-14(15(2)3)16(4)5/h6-10,14H,1,11,17H2,2-5H3. The fraction of sp³-hybridized carbons (Fsp3) is 0.429. The molecule has 0 aliphatic carbocycles. The van der Waals surface area contributed by atoms with Crippen molar-refractivity contribution in [3.63, 3.8) is 0 Å². The maximum Gasteiger partial charge on any atom is 0.0586 e. The van der Waals surface area contributed by atoms with Crippen LogP contribution in [0.2, 0.25) is 6.04 Å². The van der Waals surface area contributed by atoms with Crippen LogP contribution in [-0.2, 0) is 0 Å². The average Bonchev–Trinajstić information content (AvgIpc) is 2.29. The molecule has 0 saturated carbocycles. The highest BCUT2D eigenvalue weighted by atomic mass is 28.2. The van der Waals surface area contributed by atoms with E-state index in [2.05, 4.69) is 68.8 Å². The lowest BCUT2D eigenvalue weighted by Gasteiger charge is -2.30. The molecule has 0 aliphatic heterocycles. The molecule has 0 bridgehead atoms. The van der Waals surface area contributed by atoms with Gasteiger partial charge in [-0.15, -0.1) is 0 Å². The van der Waals surface area contributed by atoms with Gasteiger partial charge in [-0.3, -0.25) is 9.80 Å². The summed E-state index contributed by atoms with van der Waals surface area (Å²) in [4.78, 5) is 4.59. The summed E-state index contributed by atoms with van der Waals surface area (Å²) in [5.74, 6) is 0. The maximum atomic E-state index is 3.78. The van der Waals surface area contributed by atoms with Crippen LogP contribution in [-0.4, -0.2) is 53.7 Å². The van der Waals surface area contributed by atoms with Gasteiger partial charge in [-0.05, 0) is 39.8 Å². The van der Waals surface area contributed by atoms with E-state index in [1.165, 1.54) is 16.8 Å².